The zero-order valence-electron chi connectivity index (χ0n) is 15.1. The Kier molecular flexibility index (Phi) is 5.75. The molecule has 1 aromatic heterocycles. The topological polar surface area (TPSA) is 101 Å². The number of benzene rings is 1. The highest BCUT2D eigenvalue weighted by molar-refractivity contribution is 6.65. The van der Waals surface area contributed by atoms with Gasteiger partial charge in [-0.2, -0.15) is 13.2 Å². The highest BCUT2D eigenvalue weighted by Crippen LogP contribution is 2.35. The summed E-state index contributed by atoms with van der Waals surface area (Å²) in [6.07, 6.45) is -4.97. The van der Waals surface area contributed by atoms with Gasteiger partial charge in [0.05, 0.1) is 22.1 Å². The predicted molar refractivity (Wildman–Crippen MR) is 95.5 cm³/mol. The van der Waals surface area contributed by atoms with E-state index in [1.165, 1.54) is 13.8 Å². The lowest BCUT2D eigenvalue weighted by atomic mass is 9.84. The van der Waals surface area contributed by atoms with Crippen molar-refractivity contribution in [2.24, 2.45) is 7.05 Å². The van der Waals surface area contributed by atoms with Gasteiger partial charge in [0.15, 0.2) is 0 Å². The average Bonchev–Trinajstić information content (AvgIpc) is 2.57. The van der Waals surface area contributed by atoms with Gasteiger partial charge in [0, 0.05) is 18.7 Å². The normalized spacial score (nSPS) is 12.1. The van der Waals surface area contributed by atoms with E-state index in [0.29, 0.717) is 4.57 Å². The third-order valence-corrected chi connectivity index (χ3v) is 5.19. The van der Waals surface area contributed by atoms with Crippen LogP contribution in [0.2, 0.25) is 5.02 Å². The van der Waals surface area contributed by atoms with Crippen molar-refractivity contribution in [3.05, 3.63) is 60.9 Å². The molecule has 156 valence electrons. The summed E-state index contributed by atoms with van der Waals surface area (Å²) in [5.41, 5.74) is -7.07. The Morgan fingerprint density at radius 1 is 1.10 bits per heavy atom. The minimum atomic E-state index is -4.97. The van der Waals surface area contributed by atoms with Crippen LogP contribution in [0.15, 0.2) is 27.8 Å². The van der Waals surface area contributed by atoms with E-state index in [1.807, 2.05) is 0 Å². The van der Waals surface area contributed by atoms with Crippen LogP contribution in [0, 0.1) is 0 Å². The van der Waals surface area contributed by atoms with E-state index in [1.54, 1.807) is 0 Å². The molecule has 0 spiro atoms. The molecule has 0 aliphatic rings. The Morgan fingerprint density at radius 3 is 2.10 bits per heavy atom. The van der Waals surface area contributed by atoms with Crippen LogP contribution in [-0.2, 0) is 23.4 Å². The molecule has 1 aromatic carbocycles. The van der Waals surface area contributed by atoms with Crippen LogP contribution in [0.25, 0.3) is 5.69 Å². The van der Waals surface area contributed by atoms with Crippen molar-refractivity contribution in [2.75, 3.05) is 0 Å². The molecule has 2 rings (SSSR count). The van der Waals surface area contributed by atoms with E-state index in [0.717, 1.165) is 19.2 Å². The van der Waals surface area contributed by atoms with Crippen molar-refractivity contribution in [3.8, 4) is 5.69 Å². The number of hydrogen-bond donors (Lipinski definition) is 0. The zero-order chi connectivity index (χ0) is 22.5. The van der Waals surface area contributed by atoms with Gasteiger partial charge in [-0.25, -0.2) is 9.36 Å². The minimum absolute atomic E-state index is 0.162. The van der Waals surface area contributed by atoms with E-state index in [2.05, 4.69) is 0 Å². The standard InChI is InChI=1S/C17H13Cl2F3N2O5/c1-16(2,14(19)28)9-5-7(4-8(12(9)18)13(26)27)24-11(25)6-10(17(20,21)22)23(3)15(24)29/h4-6H,1-3H3,(H,26,27)/p-1. The highest BCUT2D eigenvalue weighted by Gasteiger charge is 2.36. The molecule has 0 N–H and O–H groups in total. The Labute approximate surface area is 170 Å². The first kappa shape index (κ1) is 22.7. The van der Waals surface area contributed by atoms with E-state index in [9.17, 15) is 37.5 Å². The van der Waals surface area contributed by atoms with E-state index in [4.69, 9.17) is 23.2 Å². The summed E-state index contributed by atoms with van der Waals surface area (Å²) < 4.78 is 39.5. The van der Waals surface area contributed by atoms with Crippen LogP contribution in [0.1, 0.15) is 35.5 Å². The van der Waals surface area contributed by atoms with Gasteiger partial charge in [-0.3, -0.25) is 14.2 Å². The summed E-state index contributed by atoms with van der Waals surface area (Å²) in [6, 6.07) is 2.00. The largest absolute Gasteiger partial charge is 0.545 e. The number of carboxylic acid groups (broad SMARTS) is 1. The summed E-state index contributed by atoms with van der Waals surface area (Å²) in [6.45, 7) is 2.61. The first-order valence-corrected chi connectivity index (χ1v) is 8.52. The van der Waals surface area contributed by atoms with Crippen LogP contribution in [0.5, 0.6) is 0 Å². The number of rotatable bonds is 4. The first-order valence-electron chi connectivity index (χ1n) is 7.76. The third-order valence-electron chi connectivity index (χ3n) is 4.31. The van der Waals surface area contributed by atoms with Crippen LogP contribution in [0.4, 0.5) is 13.2 Å². The van der Waals surface area contributed by atoms with Crippen LogP contribution >= 0.6 is 23.2 Å². The van der Waals surface area contributed by atoms with E-state index in [-0.39, 0.29) is 16.2 Å². The number of carboxylic acids is 1. The molecule has 0 aliphatic carbocycles. The number of aromatic carboxylic acids is 1. The van der Waals surface area contributed by atoms with Crippen LogP contribution in [-0.4, -0.2) is 20.3 Å². The van der Waals surface area contributed by atoms with Crippen molar-refractivity contribution in [2.45, 2.75) is 25.4 Å². The molecule has 7 nitrogen and oxygen atoms in total. The molecule has 0 saturated heterocycles. The van der Waals surface area contributed by atoms with Gasteiger partial charge in [-0.15, -0.1) is 0 Å². The molecular formula is C17H12Cl2F3N2O5-. The number of nitrogens with zero attached hydrogens (tertiary/aromatic N) is 2. The van der Waals surface area contributed by atoms with Crippen molar-refractivity contribution in [1.29, 1.82) is 0 Å². The molecule has 0 radical (unpaired) electrons. The van der Waals surface area contributed by atoms with Crippen molar-refractivity contribution < 1.29 is 27.9 Å². The second-order valence-corrected chi connectivity index (χ2v) is 7.30. The number of aromatic nitrogens is 2. The van der Waals surface area contributed by atoms with Crippen LogP contribution < -0.4 is 16.4 Å². The Morgan fingerprint density at radius 2 is 1.66 bits per heavy atom. The summed E-state index contributed by atoms with van der Waals surface area (Å²) >= 11 is 11.6. The average molecular weight is 452 g/mol. The fourth-order valence-corrected chi connectivity index (χ4v) is 3.11. The molecule has 0 bridgehead atoms. The van der Waals surface area contributed by atoms with Crippen molar-refractivity contribution in [1.82, 2.24) is 9.13 Å². The summed E-state index contributed by atoms with van der Waals surface area (Å²) in [7, 11) is 0.795. The van der Waals surface area contributed by atoms with Crippen molar-refractivity contribution >= 4 is 34.4 Å². The number of carbonyl (C=O) groups is 2. The van der Waals surface area contributed by atoms with E-state index < -0.39 is 56.0 Å². The maximum Gasteiger partial charge on any atom is 0.431 e. The third kappa shape index (κ3) is 3.95. The molecule has 0 atom stereocenters. The van der Waals surface area contributed by atoms with Gasteiger partial charge in [0.25, 0.3) is 5.56 Å². The lowest BCUT2D eigenvalue weighted by Gasteiger charge is -2.25. The predicted octanol–water partition coefficient (Wildman–Crippen LogP) is 1.61. The quantitative estimate of drug-likeness (QED) is 0.657. The SMILES string of the molecule is Cn1c(C(F)(F)F)cc(=O)n(-c2cc(C(=O)[O-])c(Cl)c(C(C)(C)C(=O)Cl)c2)c1=O. The van der Waals surface area contributed by atoms with Crippen molar-refractivity contribution in [3.63, 3.8) is 0 Å². The van der Waals surface area contributed by atoms with Gasteiger partial charge < -0.3 is 9.90 Å². The molecule has 0 unspecified atom stereocenters. The van der Waals surface area contributed by atoms with E-state index >= 15 is 0 Å². The minimum Gasteiger partial charge on any atom is -0.545 e. The second kappa shape index (κ2) is 7.34. The van der Waals surface area contributed by atoms with Gasteiger partial charge in [0.2, 0.25) is 5.24 Å². The molecule has 0 aliphatic heterocycles. The molecular weight excluding hydrogens is 440 g/mol. The maximum absolute atomic E-state index is 13.0. The molecule has 2 aromatic rings. The summed E-state index contributed by atoms with van der Waals surface area (Å²) in [5, 5.41) is 10.1. The van der Waals surface area contributed by atoms with Gasteiger partial charge in [0.1, 0.15) is 5.69 Å². The highest BCUT2D eigenvalue weighted by atomic mass is 35.5. The maximum atomic E-state index is 13.0. The lowest BCUT2D eigenvalue weighted by molar-refractivity contribution is -0.255. The fraction of sp³-hybridized carbons (Fsp3) is 0.294. The fourth-order valence-electron chi connectivity index (χ4n) is 2.58. The lowest BCUT2D eigenvalue weighted by Crippen LogP contribution is -2.41. The van der Waals surface area contributed by atoms with Gasteiger partial charge in [-0.05, 0) is 43.1 Å². The number of hydrogen-bond acceptors (Lipinski definition) is 5. The number of alkyl halides is 3. The smallest absolute Gasteiger partial charge is 0.431 e. The molecule has 1 heterocycles. The van der Waals surface area contributed by atoms with Crippen LogP contribution in [0.3, 0.4) is 0 Å². The Hall–Kier alpha value is -2.59. The Bertz CT molecular complexity index is 1150. The molecule has 12 heteroatoms. The summed E-state index contributed by atoms with van der Waals surface area (Å²) in [5.74, 6) is -1.80. The first-order chi connectivity index (χ1) is 13.1. The number of halogens is 5. The summed E-state index contributed by atoms with van der Waals surface area (Å²) in [4.78, 5) is 48.0. The zero-order valence-corrected chi connectivity index (χ0v) is 16.6. The van der Waals surface area contributed by atoms with Gasteiger partial charge >= 0.3 is 11.9 Å². The Balaban J connectivity index is 2.98. The monoisotopic (exact) mass is 451 g/mol. The molecule has 29 heavy (non-hydrogen) atoms. The molecule has 0 saturated carbocycles. The van der Waals surface area contributed by atoms with Gasteiger partial charge in [-0.1, -0.05) is 11.6 Å². The second-order valence-electron chi connectivity index (χ2n) is 6.58. The molecule has 0 amide bonds. The number of carbonyl (C=O) groups excluding carboxylic acids is 2. The molecule has 0 fully saturated rings.